The molecule has 0 unspecified atom stereocenters. The van der Waals surface area contributed by atoms with Crippen LogP contribution in [0.4, 0.5) is 0 Å². The third-order valence-electron chi connectivity index (χ3n) is 8.60. The van der Waals surface area contributed by atoms with Gasteiger partial charge in [-0.05, 0) is 79.7 Å². The molecule has 2 radical (unpaired) electrons. The van der Waals surface area contributed by atoms with E-state index in [0.717, 1.165) is 21.5 Å². The summed E-state index contributed by atoms with van der Waals surface area (Å²) in [5.74, 6) is 0. The van der Waals surface area contributed by atoms with Crippen molar-refractivity contribution in [3.05, 3.63) is 135 Å². The second kappa shape index (κ2) is 36.6. The summed E-state index contributed by atoms with van der Waals surface area (Å²) in [6.45, 7) is 16.2. The van der Waals surface area contributed by atoms with E-state index in [2.05, 4.69) is 19.9 Å². The average molecular weight is 1280 g/mol. The van der Waals surface area contributed by atoms with Gasteiger partial charge in [-0.25, -0.2) is 0 Å². The summed E-state index contributed by atoms with van der Waals surface area (Å²) in [5.41, 5.74) is 2.52. The molecule has 38 heteroatoms. The zero-order chi connectivity index (χ0) is 57.9. The second-order valence-electron chi connectivity index (χ2n) is 13.4. The van der Waals surface area contributed by atoms with E-state index in [1.807, 2.05) is 24.3 Å². The van der Waals surface area contributed by atoms with Crippen LogP contribution in [0.15, 0.2) is 73.3 Å². The zero-order valence-electron chi connectivity index (χ0n) is 42.4. The van der Waals surface area contributed by atoms with Crippen LogP contribution in [-0.2, 0) is 88.6 Å². The number of hydrogen-bond acceptors (Lipinski definition) is 28. The summed E-state index contributed by atoms with van der Waals surface area (Å²) >= 11 is 0. The van der Waals surface area contributed by atoms with Gasteiger partial charge in [0, 0.05) is 46.3 Å². The topological polar surface area (TPSA) is 458 Å². The molecule has 6 rings (SSSR count). The molecule has 438 valence electrons. The van der Waals surface area contributed by atoms with Gasteiger partial charge in [0.1, 0.15) is 0 Å². The summed E-state index contributed by atoms with van der Waals surface area (Å²) < 4.78 is 95.4. The number of fused-ring (bicyclic) bond motifs is 6. The van der Waals surface area contributed by atoms with Gasteiger partial charge in [-0.15, -0.1) is 0 Å². The van der Waals surface area contributed by atoms with Gasteiger partial charge in [0.05, 0.1) is 116 Å². The monoisotopic (exact) mass is 1280 g/mol. The molecule has 0 fully saturated rings. The fourth-order valence-corrected chi connectivity index (χ4v) is 12.4. The number of pyridine rings is 4. The van der Waals surface area contributed by atoms with Crippen molar-refractivity contribution in [3.63, 3.8) is 0 Å². The van der Waals surface area contributed by atoms with Gasteiger partial charge < -0.3 is 97.5 Å². The van der Waals surface area contributed by atoms with Gasteiger partial charge in [0.2, 0.25) is 0 Å². The van der Waals surface area contributed by atoms with Crippen LogP contribution in [0.1, 0.15) is 55.4 Å². The molecule has 0 saturated carbocycles. The fourth-order valence-electron chi connectivity index (χ4n) is 6.24. The van der Waals surface area contributed by atoms with Crippen LogP contribution in [0.3, 0.4) is 0 Å². The van der Waals surface area contributed by atoms with Crippen LogP contribution in [0.2, 0.25) is 0 Å². The van der Waals surface area contributed by atoms with Crippen molar-refractivity contribution >= 4 is 95.2 Å². The van der Waals surface area contributed by atoms with Gasteiger partial charge in [-0.1, -0.05) is 24.3 Å². The number of hydrogen-bond donors (Lipinski definition) is 0. The molecule has 32 nitrogen and oxygen atoms in total. The molecule has 0 spiro atoms. The number of benzene rings is 2. The van der Waals surface area contributed by atoms with Crippen molar-refractivity contribution < 1.29 is 109 Å². The first kappa shape index (κ1) is 74.6. The van der Waals surface area contributed by atoms with Crippen LogP contribution in [0.25, 0.3) is 43.6 Å². The van der Waals surface area contributed by atoms with E-state index >= 15 is 0 Å². The Kier molecular flexibility index (Phi) is 35.0. The first-order valence-corrected chi connectivity index (χ1v) is 28.1. The summed E-state index contributed by atoms with van der Waals surface area (Å²) in [5, 5.41) is 63.6. The molecule has 0 aliphatic carbocycles. The van der Waals surface area contributed by atoms with E-state index in [1.54, 1.807) is 79.7 Å². The molecule has 0 N–H and O–H groups in total. The third kappa shape index (κ3) is 23.5. The maximum Gasteiger partial charge on any atom is 2.00 e. The maximum absolute atomic E-state index is 13.0. The smallest absolute Gasteiger partial charge is 0.356 e. The predicted molar refractivity (Wildman–Crippen MR) is 278 cm³/mol. The Morgan fingerprint density at radius 3 is 0.577 bits per heavy atom. The third-order valence-corrected chi connectivity index (χ3v) is 16.9. The van der Waals surface area contributed by atoms with E-state index in [0.29, 0.717) is 43.3 Å². The molecule has 4 aromatic heterocycles. The quantitative estimate of drug-likeness (QED) is 0.0228. The van der Waals surface area contributed by atoms with Gasteiger partial charge in [-0.2, -0.15) is 0 Å². The normalized spacial score (nSPS) is 11.0. The van der Waals surface area contributed by atoms with Crippen LogP contribution >= 0.6 is 30.4 Å². The van der Waals surface area contributed by atoms with Gasteiger partial charge in [0.25, 0.3) is 0 Å². The Morgan fingerprint density at radius 1 is 0.333 bits per heavy atom. The van der Waals surface area contributed by atoms with Crippen LogP contribution < -0.4 is 21.2 Å². The second-order valence-corrected chi connectivity index (χ2v) is 21.5. The number of nitrogens with zero attached hydrogens (tertiary/aromatic N) is 8. The van der Waals surface area contributed by atoms with E-state index in [-0.39, 0.29) is 87.0 Å². The fraction of sp³-hybridized carbons (Fsp3) is 0.400. The summed E-state index contributed by atoms with van der Waals surface area (Å²) in [6.07, 6.45) is 5.98. The van der Waals surface area contributed by atoms with Crippen molar-refractivity contribution in [2.75, 3.05) is 52.9 Å². The van der Waals surface area contributed by atoms with Crippen LogP contribution in [0.5, 0.6) is 0 Å². The molecular formula is C40H52Cu2N8O24P4. The van der Waals surface area contributed by atoms with Crippen molar-refractivity contribution in [1.29, 1.82) is 0 Å². The maximum atomic E-state index is 13.0. The SMILES string of the molecule is CCOP(=O)(OCC)c1cnc2c(ccc3cc(P(=O)(OCC)OCC)cnc32)c1.CCOP(=O)(OCC)c1cnc2c(ccc3cc(P(=O)(OCC)OCC)cnc32)c1.O=[N+]([O-])[O-].O=[N+]([O-])[O-].O=[N+]([O-])[O-].O=[N+]([O-])[O-].[Cu+2].[Cu+2]. The van der Waals surface area contributed by atoms with Crippen molar-refractivity contribution in [1.82, 2.24) is 19.9 Å². The Labute approximate surface area is 465 Å². The molecule has 0 aliphatic heterocycles. The minimum absolute atomic E-state index is 0. The molecule has 78 heavy (non-hydrogen) atoms. The van der Waals surface area contributed by atoms with Gasteiger partial charge in [-0.3, -0.25) is 38.2 Å². The molecule has 0 amide bonds. The van der Waals surface area contributed by atoms with E-state index in [9.17, 15) is 18.3 Å². The van der Waals surface area contributed by atoms with Crippen molar-refractivity contribution in [3.8, 4) is 0 Å². The van der Waals surface area contributed by atoms with Gasteiger partial charge in [0.15, 0.2) is 0 Å². The molecular weight excluding hydrogens is 1230 g/mol. The van der Waals surface area contributed by atoms with Crippen LogP contribution in [0, 0.1) is 61.3 Å². The largest absolute Gasteiger partial charge is 2.00 e. The van der Waals surface area contributed by atoms with Crippen molar-refractivity contribution in [2.24, 2.45) is 0 Å². The predicted octanol–water partition coefficient (Wildman–Crippen LogP) is 8.17. The summed E-state index contributed by atoms with van der Waals surface area (Å²) in [4.78, 5) is 50.9. The van der Waals surface area contributed by atoms with Crippen molar-refractivity contribution in [2.45, 2.75) is 55.4 Å². The molecule has 6 aromatic rings. The Hall–Kier alpha value is -5.48. The summed E-state index contributed by atoms with van der Waals surface area (Å²) in [7, 11) is -13.7. The molecule has 0 atom stereocenters. The standard InChI is InChI=1S/2C20H26N2O6P2.2Cu.4NO3/c2*1-5-25-29(23,26-6-2)17-11-15-9-10-16-12-18(30(24,27-7-3)28-8-4)14-22-20(16)19(15)21-13-17;;;4*2-1(3)4/h2*9-14H,5-8H2,1-4H3;;;;;;/q;;2*+2;4*-1. The minimum atomic E-state index is -3.43. The van der Waals surface area contributed by atoms with Crippen LogP contribution in [-0.4, -0.2) is 93.1 Å². The Bertz CT molecular complexity index is 2640. The number of aromatic nitrogens is 4. The average Bonchev–Trinajstić information content (AvgIpc) is 3.33. The minimum Gasteiger partial charge on any atom is -0.356 e. The molecule has 2 aromatic carbocycles. The molecule has 0 aliphatic rings. The molecule has 4 heterocycles. The van der Waals surface area contributed by atoms with Gasteiger partial charge >= 0.3 is 64.5 Å². The van der Waals surface area contributed by atoms with E-state index < -0.39 is 50.7 Å². The summed E-state index contributed by atoms with van der Waals surface area (Å²) in [6, 6.07) is 14.3. The Balaban J connectivity index is 0. The Morgan fingerprint density at radius 2 is 0.462 bits per heavy atom. The number of rotatable bonds is 20. The molecule has 0 bridgehead atoms. The first-order chi connectivity index (χ1) is 35.7. The molecule has 0 saturated heterocycles. The van der Waals surface area contributed by atoms with E-state index in [4.69, 9.17) is 97.5 Å². The van der Waals surface area contributed by atoms with E-state index in [1.165, 1.54) is 24.8 Å². The zero-order valence-corrected chi connectivity index (χ0v) is 47.8. The first-order valence-electron chi connectivity index (χ1n) is 22.0.